The third-order valence-corrected chi connectivity index (χ3v) is 5.38. The summed E-state index contributed by atoms with van der Waals surface area (Å²) in [5, 5.41) is 14.3. The van der Waals surface area contributed by atoms with Crippen LogP contribution in [0.5, 0.6) is 0 Å². The highest BCUT2D eigenvalue weighted by Crippen LogP contribution is 2.31. The third-order valence-electron chi connectivity index (χ3n) is 4.40. The van der Waals surface area contributed by atoms with Crippen LogP contribution in [0.15, 0.2) is 22.2 Å². The fraction of sp³-hybridized carbons (Fsp3) is 0.625. The van der Waals surface area contributed by atoms with Crippen molar-refractivity contribution >= 4 is 23.5 Å². The Morgan fingerprint density at radius 2 is 2.24 bits per heavy atom. The van der Waals surface area contributed by atoms with Crippen LogP contribution < -0.4 is 11.0 Å². The average molecular weight is 364 g/mol. The summed E-state index contributed by atoms with van der Waals surface area (Å²) in [4.78, 5) is 24.0. The minimum Gasteiger partial charge on any atom is -0.310 e. The first-order chi connectivity index (χ1) is 12.2. The molecule has 0 unspecified atom stereocenters. The van der Waals surface area contributed by atoms with Crippen LogP contribution in [0.4, 0.5) is 5.82 Å². The van der Waals surface area contributed by atoms with Gasteiger partial charge in [-0.25, -0.2) is 14.6 Å². The maximum absolute atomic E-state index is 12.3. The fourth-order valence-electron chi connectivity index (χ4n) is 3.09. The molecule has 9 heteroatoms. The molecule has 1 fully saturated rings. The molecule has 1 amide bonds. The van der Waals surface area contributed by atoms with E-state index in [0.717, 1.165) is 31.5 Å². The molecule has 0 saturated heterocycles. The van der Waals surface area contributed by atoms with Crippen molar-refractivity contribution in [3.8, 4) is 0 Å². The van der Waals surface area contributed by atoms with E-state index < -0.39 is 0 Å². The average Bonchev–Trinajstić information content (AvgIpc) is 3.32. The molecule has 0 radical (unpaired) electrons. The smallest absolute Gasteiger partial charge is 0.310 e. The van der Waals surface area contributed by atoms with Crippen molar-refractivity contribution in [2.75, 3.05) is 11.1 Å². The minimum atomic E-state index is -0.226. The number of carbonyl (C=O) groups is 1. The van der Waals surface area contributed by atoms with E-state index in [1.54, 1.807) is 10.8 Å². The lowest BCUT2D eigenvalue weighted by Crippen LogP contribution is -2.20. The van der Waals surface area contributed by atoms with Crippen molar-refractivity contribution in [1.82, 2.24) is 24.5 Å². The van der Waals surface area contributed by atoms with E-state index in [-0.39, 0.29) is 17.3 Å². The van der Waals surface area contributed by atoms with Gasteiger partial charge in [-0.1, -0.05) is 37.9 Å². The van der Waals surface area contributed by atoms with Gasteiger partial charge >= 0.3 is 5.69 Å². The van der Waals surface area contributed by atoms with Gasteiger partial charge in [0.25, 0.3) is 0 Å². The first kappa shape index (κ1) is 17.8. The first-order valence-corrected chi connectivity index (χ1v) is 9.79. The number of H-pyrrole nitrogens is 1. The largest absolute Gasteiger partial charge is 0.343 e. The Labute approximate surface area is 150 Å². The van der Waals surface area contributed by atoms with Crippen LogP contribution >= 0.6 is 11.8 Å². The summed E-state index contributed by atoms with van der Waals surface area (Å²) in [5.74, 6) is 0.817. The number of aromatic nitrogens is 5. The van der Waals surface area contributed by atoms with Gasteiger partial charge in [0.05, 0.1) is 18.0 Å². The molecule has 1 saturated carbocycles. The van der Waals surface area contributed by atoms with Crippen molar-refractivity contribution in [2.45, 2.75) is 63.2 Å². The number of anilines is 1. The zero-order chi connectivity index (χ0) is 17.6. The van der Waals surface area contributed by atoms with Crippen LogP contribution in [0.2, 0.25) is 0 Å². The standard InChI is InChI=1S/C16H24N6O2S/c1-2-3-10-21-15(24)19-20-16(21)25-11-14(23)18-13-8-9-17-22(13)12-6-4-5-7-12/h8-9,12H,2-7,10-11H2,1H3,(H,18,23)(H,19,24). The van der Waals surface area contributed by atoms with Crippen molar-refractivity contribution in [3.05, 3.63) is 22.7 Å². The molecular weight excluding hydrogens is 340 g/mol. The zero-order valence-electron chi connectivity index (χ0n) is 14.4. The van der Waals surface area contributed by atoms with Crippen LogP contribution in [-0.4, -0.2) is 36.2 Å². The van der Waals surface area contributed by atoms with Crippen LogP contribution in [0.25, 0.3) is 0 Å². The highest BCUT2D eigenvalue weighted by Gasteiger charge is 2.20. The molecular formula is C16H24N6O2S. The van der Waals surface area contributed by atoms with E-state index >= 15 is 0 Å². The molecule has 2 aromatic rings. The van der Waals surface area contributed by atoms with E-state index in [0.29, 0.717) is 17.7 Å². The molecule has 2 N–H and O–H groups in total. The lowest BCUT2D eigenvalue weighted by molar-refractivity contribution is -0.113. The van der Waals surface area contributed by atoms with E-state index in [1.807, 2.05) is 10.7 Å². The predicted octanol–water partition coefficient (Wildman–Crippen LogP) is 2.41. The van der Waals surface area contributed by atoms with Crippen molar-refractivity contribution in [3.63, 3.8) is 0 Å². The van der Waals surface area contributed by atoms with Crippen LogP contribution in [0.3, 0.4) is 0 Å². The molecule has 0 aliphatic heterocycles. The Morgan fingerprint density at radius 3 is 3.00 bits per heavy atom. The van der Waals surface area contributed by atoms with E-state index in [2.05, 4.69) is 27.5 Å². The lowest BCUT2D eigenvalue weighted by atomic mass is 10.2. The van der Waals surface area contributed by atoms with Gasteiger partial charge in [-0.15, -0.1) is 5.10 Å². The van der Waals surface area contributed by atoms with E-state index in [4.69, 9.17) is 0 Å². The maximum Gasteiger partial charge on any atom is 0.343 e. The Hall–Kier alpha value is -2.03. The molecule has 3 rings (SSSR count). The second kappa shape index (κ2) is 8.37. The normalized spacial score (nSPS) is 14.9. The first-order valence-electron chi connectivity index (χ1n) is 8.80. The Balaban J connectivity index is 1.57. The highest BCUT2D eigenvalue weighted by atomic mass is 32.2. The van der Waals surface area contributed by atoms with Gasteiger partial charge in [-0.3, -0.25) is 9.36 Å². The summed E-state index contributed by atoms with van der Waals surface area (Å²) in [5.41, 5.74) is -0.226. The van der Waals surface area contributed by atoms with Gasteiger partial charge in [-0.05, 0) is 19.3 Å². The van der Waals surface area contributed by atoms with Crippen LogP contribution in [-0.2, 0) is 11.3 Å². The second-order valence-electron chi connectivity index (χ2n) is 6.25. The Morgan fingerprint density at radius 1 is 1.44 bits per heavy atom. The Bertz CT molecular complexity index is 759. The number of carbonyl (C=O) groups excluding carboxylic acids is 1. The summed E-state index contributed by atoms with van der Waals surface area (Å²) in [6.45, 7) is 2.68. The Kier molecular flexibility index (Phi) is 5.95. The second-order valence-corrected chi connectivity index (χ2v) is 7.20. The molecule has 0 spiro atoms. The van der Waals surface area contributed by atoms with E-state index in [1.165, 1.54) is 24.6 Å². The number of aromatic amines is 1. The molecule has 2 heterocycles. The van der Waals surface area contributed by atoms with Gasteiger partial charge in [0, 0.05) is 12.6 Å². The quantitative estimate of drug-likeness (QED) is 0.701. The van der Waals surface area contributed by atoms with Gasteiger partial charge < -0.3 is 5.32 Å². The lowest BCUT2D eigenvalue weighted by Gasteiger charge is -2.14. The molecule has 1 aliphatic rings. The van der Waals surface area contributed by atoms with Crippen molar-refractivity contribution < 1.29 is 4.79 Å². The third kappa shape index (κ3) is 4.33. The monoisotopic (exact) mass is 364 g/mol. The van der Waals surface area contributed by atoms with E-state index in [9.17, 15) is 9.59 Å². The summed E-state index contributed by atoms with van der Waals surface area (Å²) in [6.07, 6.45) is 8.25. The number of nitrogens with one attached hydrogen (secondary N) is 2. The minimum absolute atomic E-state index is 0.123. The number of thioether (sulfide) groups is 1. The molecule has 1 aliphatic carbocycles. The summed E-state index contributed by atoms with van der Waals surface area (Å²) in [6, 6.07) is 2.20. The molecule has 2 aromatic heterocycles. The molecule has 25 heavy (non-hydrogen) atoms. The fourth-order valence-corrected chi connectivity index (χ4v) is 3.86. The summed E-state index contributed by atoms with van der Waals surface area (Å²) in [7, 11) is 0. The predicted molar refractivity (Wildman–Crippen MR) is 96.8 cm³/mol. The molecule has 136 valence electrons. The number of hydrogen-bond donors (Lipinski definition) is 2. The molecule has 8 nitrogen and oxygen atoms in total. The number of amides is 1. The number of unbranched alkanes of at least 4 members (excludes halogenated alkanes) is 1. The van der Waals surface area contributed by atoms with Crippen LogP contribution in [0, 0.1) is 0 Å². The zero-order valence-corrected chi connectivity index (χ0v) is 15.2. The van der Waals surface area contributed by atoms with Crippen molar-refractivity contribution in [1.29, 1.82) is 0 Å². The highest BCUT2D eigenvalue weighted by molar-refractivity contribution is 7.99. The van der Waals surface area contributed by atoms with Gasteiger partial charge in [0.2, 0.25) is 5.91 Å². The molecule has 0 bridgehead atoms. The number of nitrogens with zero attached hydrogens (tertiary/aromatic N) is 4. The van der Waals surface area contributed by atoms with Gasteiger partial charge in [0.15, 0.2) is 5.16 Å². The van der Waals surface area contributed by atoms with Crippen molar-refractivity contribution in [2.24, 2.45) is 0 Å². The maximum atomic E-state index is 12.3. The van der Waals surface area contributed by atoms with Crippen LogP contribution in [0.1, 0.15) is 51.5 Å². The van der Waals surface area contributed by atoms with Gasteiger partial charge in [0.1, 0.15) is 5.82 Å². The summed E-state index contributed by atoms with van der Waals surface area (Å²) >= 11 is 1.27. The SMILES string of the molecule is CCCCn1c(SCC(=O)Nc2ccnn2C2CCCC2)n[nH]c1=O. The molecule has 0 aromatic carbocycles. The van der Waals surface area contributed by atoms with Gasteiger partial charge in [-0.2, -0.15) is 5.10 Å². The topological polar surface area (TPSA) is 97.6 Å². The number of hydrogen-bond acceptors (Lipinski definition) is 5. The summed E-state index contributed by atoms with van der Waals surface area (Å²) < 4.78 is 3.51. The number of rotatable bonds is 8. The molecule has 0 atom stereocenters.